The summed E-state index contributed by atoms with van der Waals surface area (Å²) >= 11 is 0. The molecule has 0 bridgehead atoms. The monoisotopic (exact) mass is 360 g/mol. The van der Waals surface area contributed by atoms with Crippen LogP contribution in [-0.2, 0) is 9.84 Å². The summed E-state index contributed by atoms with van der Waals surface area (Å²) in [6.45, 7) is 2.81. The summed E-state index contributed by atoms with van der Waals surface area (Å²) in [5, 5.41) is 7.51. The molecule has 8 heteroatoms. The number of hydrogen-bond acceptors (Lipinski definition) is 6. The Morgan fingerprint density at radius 3 is 2.68 bits per heavy atom. The molecule has 7 nitrogen and oxygen atoms in total. The van der Waals surface area contributed by atoms with Gasteiger partial charge in [0.1, 0.15) is 17.2 Å². The Labute approximate surface area is 146 Å². The van der Waals surface area contributed by atoms with Crippen molar-refractivity contribution in [3.63, 3.8) is 0 Å². The highest BCUT2D eigenvalue weighted by atomic mass is 32.2. The van der Waals surface area contributed by atoms with Crippen LogP contribution in [0.15, 0.2) is 41.4 Å². The van der Waals surface area contributed by atoms with Gasteiger partial charge in [-0.3, -0.25) is 0 Å². The van der Waals surface area contributed by atoms with Gasteiger partial charge in [-0.25, -0.2) is 13.4 Å². The van der Waals surface area contributed by atoms with Crippen LogP contribution < -0.4 is 15.4 Å². The van der Waals surface area contributed by atoms with E-state index < -0.39 is 9.84 Å². The maximum absolute atomic E-state index is 11.7. The van der Waals surface area contributed by atoms with Crippen LogP contribution in [-0.4, -0.2) is 38.3 Å². The van der Waals surface area contributed by atoms with E-state index in [1.165, 1.54) is 13.2 Å². The van der Waals surface area contributed by atoms with Crippen LogP contribution in [0.5, 0.6) is 5.75 Å². The molecule has 0 radical (unpaired) electrons. The van der Waals surface area contributed by atoms with Crippen LogP contribution in [0.25, 0.3) is 11.0 Å². The van der Waals surface area contributed by atoms with Crippen molar-refractivity contribution in [1.82, 2.24) is 9.97 Å². The number of hydrogen-bond donors (Lipinski definition) is 3. The number of nitrogens with one attached hydrogen (secondary N) is 3. The second-order valence-corrected chi connectivity index (χ2v) is 7.60. The molecule has 0 fully saturated rings. The van der Waals surface area contributed by atoms with Crippen molar-refractivity contribution >= 4 is 38.1 Å². The lowest BCUT2D eigenvalue weighted by atomic mass is 10.2. The highest BCUT2D eigenvalue weighted by Crippen LogP contribution is 2.32. The van der Waals surface area contributed by atoms with Gasteiger partial charge in [0, 0.05) is 42.2 Å². The molecular weight excluding hydrogens is 340 g/mol. The number of sulfone groups is 1. The Morgan fingerprint density at radius 1 is 1.20 bits per heavy atom. The van der Waals surface area contributed by atoms with E-state index in [4.69, 9.17) is 4.74 Å². The van der Waals surface area contributed by atoms with Crippen molar-refractivity contribution in [1.29, 1.82) is 0 Å². The molecule has 3 N–H and O–H groups in total. The number of H-pyrrole nitrogens is 1. The molecule has 0 aliphatic heterocycles. The number of ether oxygens (including phenoxy) is 1. The molecular formula is C17H20N4O3S. The van der Waals surface area contributed by atoms with E-state index in [1.807, 2.05) is 25.3 Å². The number of rotatable bonds is 6. The van der Waals surface area contributed by atoms with Gasteiger partial charge in [-0.15, -0.1) is 0 Å². The third kappa shape index (κ3) is 3.53. The highest BCUT2D eigenvalue weighted by molar-refractivity contribution is 7.90. The first kappa shape index (κ1) is 17.1. The molecule has 3 aromatic rings. The zero-order valence-corrected chi connectivity index (χ0v) is 15.1. The number of methoxy groups -OCH3 is 1. The van der Waals surface area contributed by atoms with Crippen molar-refractivity contribution < 1.29 is 13.2 Å². The number of fused-ring (bicyclic) bond motifs is 1. The second-order valence-electron chi connectivity index (χ2n) is 5.58. The number of pyridine rings is 1. The summed E-state index contributed by atoms with van der Waals surface area (Å²) < 4.78 is 28.7. The van der Waals surface area contributed by atoms with Crippen LogP contribution in [0.2, 0.25) is 0 Å². The predicted molar refractivity (Wildman–Crippen MR) is 99.6 cm³/mol. The molecule has 1 aromatic carbocycles. The van der Waals surface area contributed by atoms with Gasteiger partial charge in [0.15, 0.2) is 9.84 Å². The fourth-order valence-electron chi connectivity index (χ4n) is 2.58. The van der Waals surface area contributed by atoms with E-state index >= 15 is 0 Å². The molecule has 25 heavy (non-hydrogen) atoms. The first-order valence-corrected chi connectivity index (χ1v) is 9.68. The summed E-state index contributed by atoms with van der Waals surface area (Å²) in [6.07, 6.45) is 3.00. The average molecular weight is 360 g/mol. The summed E-state index contributed by atoms with van der Waals surface area (Å²) in [7, 11) is -1.80. The topological polar surface area (TPSA) is 96.1 Å². The molecule has 0 spiro atoms. The van der Waals surface area contributed by atoms with E-state index in [2.05, 4.69) is 20.6 Å². The van der Waals surface area contributed by atoms with Gasteiger partial charge in [-0.1, -0.05) is 0 Å². The van der Waals surface area contributed by atoms with Gasteiger partial charge in [0.25, 0.3) is 0 Å². The number of aromatic amines is 1. The Bertz CT molecular complexity index is 1010. The van der Waals surface area contributed by atoms with Gasteiger partial charge < -0.3 is 20.4 Å². The van der Waals surface area contributed by atoms with E-state index in [-0.39, 0.29) is 4.90 Å². The molecule has 0 aliphatic rings. The lowest BCUT2D eigenvalue weighted by Crippen LogP contribution is -2.03. The van der Waals surface area contributed by atoms with Crippen molar-refractivity contribution in [2.45, 2.75) is 11.8 Å². The third-order valence-electron chi connectivity index (χ3n) is 3.76. The predicted octanol–water partition coefficient (Wildman–Crippen LogP) is 3.15. The van der Waals surface area contributed by atoms with Gasteiger partial charge in [-0.2, -0.15) is 0 Å². The van der Waals surface area contributed by atoms with E-state index in [0.29, 0.717) is 17.3 Å². The van der Waals surface area contributed by atoms with Crippen LogP contribution in [0.3, 0.4) is 0 Å². The maximum Gasteiger partial charge on any atom is 0.175 e. The Morgan fingerprint density at radius 2 is 2.00 bits per heavy atom. The summed E-state index contributed by atoms with van der Waals surface area (Å²) in [5.41, 5.74) is 2.35. The van der Waals surface area contributed by atoms with E-state index in [1.54, 1.807) is 12.1 Å². The Kier molecular flexibility index (Phi) is 4.54. The summed E-state index contributed by atoms with van der Waals surface area (Å²) in [6, 6.07) is 8.58. The largest absolute Gasteiger partial charge is 0.495 e. The molecule has 0 amide bonds. The molecule has 2 heterocycles. The molecule has 3 rings (SSSR count). The fraction of sp³-hybridized carbons (Fsp3) is 0.235. The lowest BCUT2D eigenvalue weighted by molar-refractivity contribution is 0.415. The lowest BCUT2D eigenvalue weighted by Gasteiger charge is -2.13. The first-order chi connectivity index (χ1) is 11.9. The molecule has 0 saturated carbocycles. The van der Waals surface area contributed by atoms with E-state index in [0.717, 1.165) is 29.5 Å². The number of aromatic nitrogens is 2. The molecule has 0 unspecified atom stereocenters. The Hall–Kier alpha value is -2.74. The van der Waals surface area contributed by atoms with Gasteiger partial charge in [0.2, 0.25) is 0 Å². The summed E-state index contributed by atoms with van der Waals surface area (Å²) in [4.78, 5) is 7.84. The fourth-order valence-corrected chi connectivity index (χ4v) is 3.22. The molecule has 132 valence electrons. The normalized spacial score (nSPS) is 11.5. The van der Waals surface area contributed by atoms with Crippen LogP contribution in [0, 0.1) is 0 Å². The van der Waals surface area contributed by atoms with Gasteiger partial charge >= 0.3 is 0 Å². The SMILES string of the molecule is CCNc1cc(Nc2ccc(S(C)(=O)=O)cc2OC)nc2[nH]ccc12. The van der Waals surface area contributed by atoms with E-state index in [9.17, 15) is 8.42 Å². The molecule has 2 aromatic heterocycles. The second kappa shape index (κ2) is 6.64. The minimum Gasteiger partial charge on any atom is -0.495 e. The maximum atomic E-state index is 11.7. The minimum absolute atomic E-state index is 0.205. The first-order valence-electron chi connectivity index (χ1n) is 7.79. The average Bonchev–Trinajstić information content (AvgIpc) is 3.03. The minimum atomic E-state index is -3.30. The highest BCUT2D eigenvalue weighted by Gasteiger charge is 2.13. The number of benzene rings is 1. The zero-order chi connectivity index (χ0) is 18.0. The van der Waals surface area contributed by atoms with Crippen LogP contribution in [0.4, 0.5) is 17.2 Å². The number of anilines is 3. The van der Waals surface area contributed by atoms with Crippen molar-refractivity contribution in [3.05, 3.63) is 36.5 Å². The smallest absolute Gasteiger partial charge is 0.175 e. The molecule has 0 saturated heterocycles. The third-order valence-corrected chi connectivity index (χ3v) is 4.87. The van der Waals surface area contributed by atoms with Crippen LogP contribution >= 0.6 is 0 Å². The van der Waals surface area contributed by atoms with Crippen LogP contribution in [0.1, 0.15) is 6.92 Å². The van der Waals surface area contributed by atoms with Crippen molar-refractivity contribution in [2.75, 3.05) is 30.5 Å². The molecule has 0 aliphatic carbocycles. The number of nitrogens with zero attached hydrogens (tertiary/aromatic N) is 1. The standard InChI is InChI=1S/C17H20N4O3S/c1-4-18-14-10-16(21-17-12(14)7-8-19-17)20-13-6-5-11(25(3,22)23)9-15(13)24-2/h5-10H,4H2,1-3H3,(H3,18,19,20,21). The zero-order valence-electron chi connectivity index (χ0n) is 14.3. The molecule has 0 atom stereocenters. The van der Waals surface area contributed by atoms with Crippen molar-refractivity contribution in [3.8, 4) is 5.75 Å². The summed E-state index contributed by atoms with van der Waals surface area (Å²) in [5.74, 6) is 1.05. The Balaban J connectivity index is 2.01. The van der Waals surface area contributed by atoms with Gasteiger partial charge in [0.05, 0.1) is 17.7 Å². The van der Waals surface area contributed by atoms with Crippen molar-refractivity contribution in [2.24, 2.45) is 0 Å². The van der Waals surface area contributed by atoms with Gasteiger partial charge in [-0.05, 0) is 25.1 Å². The quantitative estimate of drug-likeness (QED) is 0.625.